The number of hydrogen-bond acceptors (Lipinski definition) is 2. The minimum absolute atomic E-state index is 0.328. The first-order chi connectivity index (χ1) is 9.41. The van der Waals surface area contributed by atoms with Crippen molar-refractivity contribution in [3.63, 3.8) is 0 Å². The van der Waals surface area contributed by atoms with Gasteiger partial charge in [0, 0.05) is 18.3 Å². The number of para-hydroxylation sites is 1. The molecule has 106 valence electrons. The average molecular weight is 273 g/mol. The predicted octanol–water partition coefficient (Wildman–Crippen LogP) is 4.26. The lowest BCUT2D eigenvalue weighted by atomic mass is 10.0. The second-order valence-corrected chi connectivity index (χ2v) is 5.20. The van der Waals surface area contributed by atoms with Gasteiger partial charge >= 0.3 is 0 Å². The summed E-state index contributed by atoms with van der Waals surface area (Å²) in [4.78, 5) is 1.80. The second kappa shape index (κ2) is 5.63. The fourth-order valence-corrected chi connectivity index (χ4v) is 2.53. The molecule has 0 amide bonds. The largest absolute Gasteiger partial charge is 0.389 e. The molecule has 0 heterocycles. The number of aliphatic hydroxyl groups excluding tert-OH is 1. The molecule has 1 atom stereocenters. The van der Waals surface area contributed by atoms with E-state index in [1.165, 1.54) is 11.6 Å². The molecule has 0 saturated carbocycles. The van der Waals surface area contributed by atoms with Crippen molar-refractivity contribution < 1.29 is 9.50 Å². The van der Waals surface area contributed by atoms with E-state index < -0.39 is 6.10 Å². The van der Waals surface area contributed by atoms with E-state index in [0.717, 1.165) is 11.3 Å². The summed E-state index contributed by atoms with van der Waals surface area (Å²) in [6.45, 7) is 5.68. The van der Waals surface area contributed by atoms with Crippen molar-refractivity contribution in [2.45, 2.75) is 26.9 Å². The van der Waals surface area contributed by atoms with Crippen LogP contribution in [0.5, 0.6) is 0 Å². The molecule has 0 aliphatic carbocycles. The van der Waals surface area contributed by atoms with Gasteiger partial charge < -0.3 is 10.0 Å². The summed E-state index contributed by atoms with van der Waals surface area (Å²) in [6.07, 6.45) is -0.714. The summed E-state index contributed by atoms with van der Waals surface area (Å²) in [6, 6.07) is 10.8. The van der Waals surface area contributed by atoms with Gasteiger partial charge in [0.25, 0.3) is 0 Å². The van der Waals surface area contributed by atoms with Crippen LogP contribution in [0.4, 0.5) is 15.8 Å². The van der Waals surface area contributed by atoms with Gasteiger partial charge in [-0.1, -0.05) is 29.8 Å². The zero-order chi connectivity index (χ0) is 14.9. The summed E-state index contributed by atoms with van der Waals surface area (Å²) in [7, 11) is 1.82. The molecule has 0 saturated heterocycles. The molecule has 0 aliphatic rings. The molecule has 2 rings (SSSR count). The molecule has 2 aromatic carbocycles. The number of nitrogens with zero attached hydrogens (tertiary/aromatic N) is 1. The molecule has 0 spiro atoms. The molecule has 2 aromatic rings. The maximum absolute atomic E-state index is 14.2. The Labute approximate surface area is 119 Å². The monoisotopic (exact) mass is 273 g/mol. The fraction of sp³-hybridized carbons (Fsp3) is 0.294. The molecule has 0 aromatic heterocycles. The van der Waals surface area contributed by atoms with E-state index in [0.29, 0.717) is 11.3 Å². The van der Waals surface area contributed by atoms with Crippen LogP contribution in [0, 0.1) is 19.7 Å². The van der Waals surface area contributed by atoms with E-state index in [1.54, 1.807) is 24.0 Å². The molecule has 0 bridgehead atoms. The smallest absolute Gasteiger partial charge is 0.147 e. The van der Waals surface area contributed by atoms with Crippen molar-refractivity contribution >= 4 is 11.4 Å². The van der Waals surface area contributed by atoms with Crippen LogP contribution in [0.15, 0.2) is 36.4 Å². The van der Waals surface area contributed by atoms with Crippen LogP contribution in [0.25, 0.3) is 0 Å². The van der Waals surface area contributed by atoms with Gasteiger partial charge in [-0.2, -0.15) is 0 Å². The molecule has 0 radical (unpaired) electrons. The highest BCUT2D eigenvalue weighted by molar-refractivity contribution is 5.69. The maximum atomic E-state index is 14.2. The topological polar surface area (TPSA) is 23.5 Å². The van der Waals surface area contributed by atoms with Crippen molar-refractivity contribution in [1.82, 2.24) is 0 Å². The lowest BCUT2D eigenvalue weighted by Gasteiger charge is -2.26. The summed E-state index contributed by atoms with van der Waals surface area (Å²) in [5, 5.41) is 9.84. The average Bonchev–Trinajstić information content (AvgIpc) is 2.37. The number of benzene rings is 2. The quantitative estimate of drug-likeness (QED) is 0.903. The van der Waals surface area contributed by atoms with Crippen molar-refractivity contribution in [2.75, 3.05) is 11.9 Å². The molecule has 2 nitrogen and oxygen atoms in total. The lowest BCUT2D eigenvalue weighted by Crippen LogP contribution is -2.16. The zero-order valence-electron chi connectivity index (χ0n) is 12.3. The van der Waals surface area contributed by atoms with E-state index in [2.05, 4.69) is 6.07 Å². The number of halogens is 1. The van der Waals surface area contributed by atoms with Crippen LogP contribution in [-0.4, -0.2) is 12.2 Å². The van der Waals surface area contributed by atoms with Gasteiger partial charge in [-0.25, -0.2) is 4.39 Å². The molecule has 0 unspecified atom stereocenters. The third kappa shape index (κ3) is 2.68. The molecular formula is C17H20FNO. The van der Waals surface area contributed by atoms with E-state index >= 15 is 0 Å². The first kappa shape index (κ1) is 14.5. The predicted molar refractivity (Wildman–Crippen MR) is 81.0 cm³/mol. The van der Waals surface area contributed by atoms with E-state index in [-0.39, 0.29) is 5.82 Å². The van der Waals surface area contributed by atoms with Gasteiger partial charge in [0.15, 0.2) is 0 Å². The first-order valence-corrected chi connectivity index (χ1v) is 6.69. The third-order valence-electron chi connectivity index (χ3n) is 3.52. The third-order valence-corrected chi connectivity index (χ3v) is 3.52. The molecule has 0 aliphatic heterocycles. The SMILES string of the molecule is Cc1ccc(N(C)c2c(F)cccc2[C@@H](C)O)c(C)c1. The minimum atomic E-state index is -0.714. The van der Waals surface area contributed by atoms with Gasteiger partial charge in [-0.15, -0.1) is 0 Å². The number of aryl methyl sites for hydroxylation is 2. The minimum Gasteiger partial charge on any atom is -0.389 e. The highest BCUT2D eigenvalue weighted by Gasteiger charge is 2.18. The zero-order valence-corrected chi connectivity index (χ0v) is 12.3. The first-order valence-electron chi connectivity index (χ1n) is 6.69. The Bertz CT molecular complexity index is 622. The van der Waals surface area contributed by atoms with Crippen molar-refractivity contribution in [3.05, 3.63) is 58.9 Å². The van der Waals surface area contributed by atoms with Crippen LogP contribution in [-0.2, 0) is 0 Å². The Kier molecular flexibility index (Phi) is 4.09. The summed E-state index contributed by atoms with van der Waals surface area (Å²) in [5.74, 6) is -0.328. The normalized spacial score (nSPS) is 12.3. The molecular weight excluding hydrogens is 253 g/mol. The van der Waals surface area contributed by atoms with Crippen LogP contribution in [0.3, 0.4) is 0 Å². The number of aliphatic hydroxyl groups is 1. The Morgan fingerprint density at radius 2 is 1.85 bits per heavy atom. The van der Waals surface area contributed by atoms with E-state index in [4.69, 9.17) is 0 Å². The molecule has 3 heteroatoms. The summed E-state index contributed by atoms with van der Waals surface area (Å²) in [5.41, 5.74) is 4.20. The Hall–Kier alpha value is -1.87. The van der Waals surface area contributed by atoms with Gasteiger partial charge in [0.1, 0.15) is 5.82 Å². The number of rotatable bonds is 3. The van der Waals surface area contributed by atoms with Crippen LogP contribution in [0.1, 0.15) is 29.7 Å². The van der Waals surface area contributed by atoms with Crippen molar-refractivity contribution in [1.29, 1.82) is 0 Å². The van der Waals surface area contributed by atoms with Gasteiger partial charge in [0.05, 0.1) is 11.8 Å². The summed E-state index contributed by atoms with van der Waals surface area (Å²) < 4.78 is 14.2. The van der Waals surface area contributed by atoms with Crippen molar-refractivity contribution in [2.24, 2.45) is 0 Å². The molecule has 1 N–H and O–H groups in total. The highest BCUT2D eigenvalue weighted by Crippen LogP contribution is 2.34. The maximum Gasteiger partial charge on any atom is 0.147 e. The van der Waals surface area contributed by atoms with Gasteiger partial charge in [-0.05, 0) is 38.5 Å². The highest BCUT2D eigenvalue weighted by atomic mass is 19.1. The fourth-order valence-electron chi connectivity index (χ4n) is 2.53. The van der Waals surface area contributed by atoms with Crippen LogP contribution in [0.2, 0.25) is 0 Å². The Morgan fingerprint density at radius 3 is 2.45 bits per heavy atom. The van der Waals surface area contributed by atoms with Gasteiger partial charge in [-0.3, -0.25) is 0 Å². The lowest BCUT2D eigenvalue weighted by molar-refractivity contribution is 0.199. The van der Waals surface area contributed by atoms with E-state index in [1.807, 2.05) is 33.0 Å². The summed E-state index contributed by atoms with van der Waals surface area (Å²) >= 11 is 0. The van der Waals surface area contributed by atoms with Crippen LogP contribution < -0.4 is 4.90 Å². The molecule has 0 fully saturated rings. The van der Waals surface area contributed by atoms with Crippen LogP contribution >= 0.6 is 0 Å². The van der Waals surface area contributed by atoms with Crippen molar-refractivity contribution in [3.8, 4) is 0 Å². The van der Waals surface area contributed by atoms with E-state index in [9.17, 15) is 9.50 Å². The second-order valence-electron chi connectivity index (χ2n) is 5.20. The Balaban J connectivity index is 2.56. The molecule has 20 heavy (non-hydrogen) atoms. The number of hydrogen-bond donors (Lipinski definition) is 1. The standard InChI is InChI=1S/C17H20FNO/c1-11-8-9-16(12(2)10-11)19(4)17-14(13(3)20)6-5-7-15(17)18/h5-10,13,20H,1-4H3/t13-/m1/s1. The number of anilines is 2. The Morgan fingerprint density at radius 1 is 1.15 bits per heavy atom. The van der Waals surface area contributed by atoms with Gasteiger partial charge in [0.2, 0.25) is 0 Å².